The predicted octanol–water partition coefficient (Wildman–Crippen LogP) is 5.14. The number of primary amides is 1. The average Bonchev–Trinajstić information content (AvgIpc) is 2.65. The molecule has 27 heavy (non-hydrogen) atoms. The molecule has 0 spiro atoms. The van der Waals surface area contributed by atoms with Crippen molar-refractivity contribution in [3.05, 3.63) is 33.4 Å². The lowest BCUT2D eigenvalue weighted by Gasteiger charge is -2.48. The van der Waals surface area contributed by atoms with E-state index >= 15 is 0 Å². The zero-order valence-electron chi connectivity index (χ0n) is 16.4. The van der Waals surface area contributed by atoms with Gasteiger partial charge in [0.25, 0.3) is 0 Å². The van der Waals surface area contributed by atoms with Gasteiger partial charge in [-0.1, -0.05) is 50.8 Å². The van der Waals surface area contributed by atoms with Crippen LogP contribution in [-0.4, -0.2) is 32.2 Å². The number of hydrogen-bond donors (Lipinski definition) is 1. The summed E-state index contributed by atoms with van der Waals surface area (Å²) in [5.41, 5.74) is 6.24. The fourth-order valence-electron chi connectivity index (χ4n) is 4.38. The van der Waals surface area contributed by atoms with Gasteiger partial charge in [0.05, 0.1) is 11.5 Å². The van der Waals surface area contributed by atoms with E-state index in [1.807, 2.05) is 6.07 Å². The van der Waals surface area contributed by atoms with Crippen molar-refractivity contribution in [3.63, 3.8) is 0 Å². The maximum atomic E-state index is 11.7. The molecule has 1 fully saturated rings. The van der Waals surface area contributed by atoms with Gasteiger partial charge in [0.2, 0.25) is 0 Å². The molecule has 152 valence electrons. The van der Waals surface area contributed by atoms with Crippen LogP contribution < -0.4 is 5.73 Å². The lowest BCUT2D eigenvalue weighted by molar-refractivity contribution is -0.134. The Labute approximate surface area is 176 Å². The van der Waals surface area contributed by atoms with Crippen LogP contribution in [0.2, 0.25) is 0 Å². The van der Waals surface area contributed by atoms with Crippen LogP contribution >= 0.6 is 22.6 Å². The van der Waals surface area contributed by atoms with Gasteiger partial charge in [-0.05, 0) is 59.9 Å². The van der Waals surface area contributed by atoms with Gasteiger partial charge in [-0.25, -0.2) is 4.79 Å². The third kappa shape index (κ3) is 5.57. The normalized spacial score (nSPS) is 23.7. The van der Waals surface area contributed by atoms with Crippen molar-refractivity contribution in [1.82, 2.24) is 0 Å². The molecule has 0 aromatic heterocycles. The molecule has 1 saturated carbocycles. The van der Waals surface area contributed by atoms with Crippen molar-refractivity contribution in [3.8, 4) is 0 Å². The standard InChI is InChI=1S/C21H32INO4/c1-3-4-5-12-18(26-15-25-2)21(16-10-6-7-11-17(16)22)14-9-8-13-19(21)27-20(23)24/h6-7,10-11,18-19H,3-5,8-9,12-15H2,1-2H3,(H2,23,24)/t18?,19-,21-/m0/s1. The number of amides is 1. The summed E-state index contributed by atoms with van der Waals surface area (Å²) in [5.74, 6) is 0. The zero-order valence-corrected chi connectivity index (χ0v) is 18.6. The first-order valence-electron chi connectivity index (χ1n) is 9.87. The third-order valence-electron chi connectivity index (χ3n) is 5.55. The molecule has 1 aromatic rings. The van der Waals surface area contributed by atoms with Gasteiger partial charge in [0, 0.05) is 10.7 Å². The molecule has 1 unspecified atom stereocenters. The van der Waals surface area contributed by atoms with Crippen molar-refractivity contribution >= 4 is 28.7 Å². The van der Waals surface area contributed by atoms with Crippen LogP contribution in [0.3, 0.4) is 0 Å². The van der Waals surface area contributed by atoms with E-state index in [1.165, 1.54) is 5.56 Å². The Morgan fingerprint density at radius 3 is 2.78 bits per heavy atom. The Morgan fingerprint density at radius 1 is 1.33 bits per heavy atom. The molecular weight excluding hydrogens is 457 g/mol. The van der Waals surface area contributed by atoms with Crippen molar-refractivity contribution < 1.29 is 19.0 Å². The molecule has 0 aliphatic heterocycles. The number of carbonyl (C=O) groups excluding carboxylic acids is 1. The Balaban J connectivity index is 2.50. The van der Waals surface area contributed by atoms with E-state index in [0.717, 1.165) is 54.9 Å². The number of benzene rings is 1. The smallest absolute Gasteiger partial charge is 0.404 e. The monoisotopic (exact) mass is 489 g/mol. The number of rotatable bonds is 10. The molecule has 3 atom stereocenters. The quantitative estimate of drug-likeness (QED) is 0.281. The lowest BCUT2D eigenvalue weighted by Crippen LogP contribution is -2.54. The molecule has 6 heteroatoms. The summed E-state index contributed by atoms with van der Waals surface area (Å²) in [6.07, 6.45) is 6.98. The van der Waals surface area contributed by atoms with E-state index in [0.29, 0.717) is 0 Å². The van der Waals surface area contributed by atoms with Crippen LogP contribution in [0.15, 0.2) is 24.3 Å². The number of halogens is 1. The minimum atomic E-state index is -0.712. The highest BCUT2D eigenvalue weighted by Crippen LogP contribution is 2.47. The summed E-state index contributed by atoms with van der Waals surface area (Å²) in [6, 6.07) is 8.34. The summed E-state index contributed by atoms with van der Waals surface area (Å²) in [5, 5.41) is 0. The highest BCUT2D eigenvalue weighted by molar-refractivity contribution is 14.1. The summed E-state index contributed by atoms with van der Waals surface area (Å²) in [4.78, 5) is 11.7. The van der Waals surface area contributed by atoms with Crippen molar-refractivity contribution in [1.29, 1.82) is 0 Å². The molecule has 5 nitrogen and oxygen atoms in total. The van der Waals surface area contributed by atoms with Crippen molar-refractivity contribution in [2.24, 2.45) is 5.73 Å². The first-order chi connectivity index (χ1) is 13.1. The van der Waals surface area contributed by atoms with Crippen molar-refractivity contribution in [2.75, 3.05) is 13.9 Å². The molecule has 0 saturated heterocycles. The second-order valence-electron chi connectivity index (χ2n) is 7.25. The number of carbonyl (C=O) groups is 1. The Bertz CT molecular complexity index is 597. The highest BCUT2D eigenvalue weighted by atomic mass is 127. The van der Waals surface area contributed by atoms with Crippen LogP contribution in [0.4, 0.5) is 4.79 Å². The fourth-order valence-corrected chi connectivity index (χ4v) is 5.27. The van der Waals surface area contributed by atoms with E-state index in [9.17, 15) is 4.79 Å². The largest absolute Gasteiger partial charge is 0.445 e. The van der Waals surface area contributed by atoms with Crippen LogP contribution in [-0.2, 0) is 19.6 Å². The third-order valence-corrected chi connectivity index (χ3v) is 6.49. The summed E-state index contributed by atoms with van der Waals surface area (Å²) >= 11 is 2.37. The van der Waals surface area contributed by atoms with Gasteiger partial charge in [-0.2, -0.15) is 0 Å². The minimum absolute atomic E-state index is 0.0930. The van der Waals surface area contributed by atoms with Crippen molar-refractivity contribution in [2.45, 2.75) is 75.9 Å². The van der Waals surface area contributed by atoms with Gasteiger partial charge in [-0.15, -0.1) is 0 Å². The van der Waals surface area contributed by atoms with Crippen LogP contribution in [0, 0.1) is 3.57 Å². The Hall–Kier alpha value is -0.860. The maximum absolute atomic E-state index is 11.7. The molecule has 1 amide bonds. The molecule has 1 aromatic carbocycles. The van der Waals surface area contributed by atoms with Crippen LogP contribution in [0.1, 0.15) is 63.9 Å². The molecule has 0 heterocycles. The molecule has 0 radical (unpaired) electrons. The molecule has 1 aliphatic rings. The van der Waals surface area contributed by atoms with E-state index < -0.39 is 11.5 Å². The van der Waals surface area contributed by atoms with Crippen LogP contribution in [0.5, 0.6) is 0 Å². The molecule has 1 aliphatic carbocycles. The van der Waals surface area contributed by atoms with Gasteiger partial charge < -0.3 is 19.9 Å². The zero-order chi connectivity index (χ0) is 19.7. The van der Waals surface area contributed by atoms with Gasteiger partial charge in [0.1, 0.15) is 12.9 Å². The molecule has 0 bridgehead atoms. The van der Waals surface area contributed by atoms with Gasteiger partial charge >= 0.3 is 6.09 Å². The van der Waals surface area contributed by atoms with Gasteiger partial charge in [-0.3, -0.25) is 0 Å². The predicted molar refractivity (Wildman–Crippen MR) is 115 cm³/mol. The summed E-state index contributed by atoms with van der Waals surface area (Å²) < 4.78 is 18.3. The first kappa shape index (κ1) is 22.4. The average molecular weight is 489 g/mol. The number of ether oxygens (including phenoxy) is 3. The number of nitrogens with two attached hydrogens (primary N) is 1. The molecule has 2 N–H and O–H groups in total. The molecular formula is C21H32INO4. The minimum Gasteiger partial charge on any atom is -0.445 e. The van der Waals surface area contributed by atoms with E-state index in [1.54, 1.807) is 7.11 Å². The second-order valence-corrected chi connectivity index (χ2v) is 8.41. The number of hydrogen-bond acceptors (Lipinski definition) is 4. The Kier molecular flexibility index (Phi) is 9.32. The highest BCUT2D eigenvalue weighted by Gasteiger charge is 2.51. The molecule has 2 rings (SSSR count). The Morgan fingerprint density at radius 2 is 2.11 bits per heavy atom. The topological polar surface area (TPSA) is 70.8 Å². The van der Waals surface area contributed by atoms with E-state index in [-0.39, 0.29) is 19.0 Å². The van der Waals surface area contributed by atoms with Gasteiger partial charge in [0.15, 0.2) is 0 Å². The second kappa shape index (κ2) is 11.2. The first-order valence-corrected chi connectivity index (χ1v) is 11.0. The SMILES string of the molecule is CCCCCC(OCOC)[C@@]1(c2ccccc2I)CCCC[C@@H]1OC(N)=O. The summed E-state index contributed by atoms with van der Waals surface area (Å²) in [6.45, 7) is 2.42. The summed E-state index contributed by atoms with van der Waals surface area (Å²) in [7, 11) is 1.64. The van der Waals surface area contributed by atoms with E-state index in [2.05, 4.69) is 47.7 Å². The van der Waals surface area contributed by atoms with Crippen LogP contribution in [0.25, 0.3) is 0 Å². The number of unbranched alkanes of at least 4 members (excludes halogenated alkanes) is 2. The fraction of sp³-hybridized carbons (Fsp3) is 0.667. The lowest BCUT2D eigenvalue weighted by atomic mass is 9.63. The number of methoxy groups -OCH3 is 1. The maximum Gasteiger partial charge on any atom is 0.404 e. The van der Waals surface area contributed by atoms with E-state index in [4.69, 9.17) is 19.9 Å².